The van der Waals surface area contributed by atoms with Gasteiger partial charge in [0.1, 0.15) is 6.61 Å². The Kier molecular flexibility index (Phi) is 4.79. The summed E-state index contributed by atoms with van der Waals surface area (Å²) in [7, 11) is 0. The number of hydrogen-bond acceptors (Lipinski definition) is 2. The summed E-state index contributed by atoms with van der Waals surface area (Å²) in [6.45, 7) is 5.02. The first-order valence-electron chi connectivity index (χ1n) is 7.12. The van der Waals surface area contributed by atoms with Crippen LogP contribution in [0.2, 0.25) is 0 Å². The molecule has 20 heavy (non-hydrogen) atoms. The molecule has 108 valence electrons. The molecule has 0 aliphatic heterocycles. The largest absolute Gasteiger partial charge is 0.387 e. The lowest BCUT2D eigenvalue weighted by molar-refractivity contribution is -0.134. The predicted molar refractivity (Wildman–Crippen MR) is 80.7 cm³/mol. The Morgan fingerprint density at radius 2 is 2.15 bits per heavy atom. The number of H-pyrrole nitrogens is 1. The molecule has 2 rings (SSSR count). The number of aliphatic hydroxyl groups excluding tert-OH is 1. The molecule has 2 N–H and O–H groups in total. The zero-order valence-electron chi connectivity index (χ0n) is 12.1. The van der Waals surface area contributed by atoms with Crippen LogP contribution in [-0.2, 0) is 4.79 Å². The van der Waals surface area contributed by atoms with E-state index in [4.69, 9.17) is 5.11 Å². The summed E-state index contributed by atoms with van der Waals surface area (Å²) in [5.41, 5.74) is 2.43. The Labute approximate surface area is 119 Å². The highest BCUT2D eigenvalue weighted by Gasteiger charge is 2.15. The van der Waals surface area contributed by atoms with E-state index in [9.17, 15) is 4.79 Å². The van der Waals surface area contributed by atoms with Crippen molar-refractivity contribution in [3.05, 3.63) is 36.0 Å². The third kappa shape index (κ3) is 3.02. The van der Waals surface area contributed by atoms with Crippen LogP contribution >= 0.6 is 0 Å². The Morgan fingerprint density at radius 3 is 2.85 bits per heavy atom. The van der Waals surface area contributed by atoms with Gasteiger partial charge >= 0.3 is 0 Å². The molecule has 1 aromatic heterocycles. The van der Waals surface area contributed by atoms with E-state index in [1.807, 2.05) is 19.1 Å². The topological polar surface area (TPSA) is 56.3 Å². The van der Waals surface area contributed by atoms with Crippen molar-refractivity contribution in [1.82, 2.24) is 9.88 Å². The van der Waals surface area contributed by atoms with Crippen LogP contribution in [0.4, 0.5) is 0 Å². The standard InChI is InChI=1S/C16H22N2O2/c1-3-18(16(20)11-19)9-8-12(2)14-10-17-15-7-5-4-6-13(14)15/h4-7,10,12,17,19H,3,8-9,11H2,1-2H3. The average Bonchev–Trinajstić information content (AvgIpc) is 2.91. The van der Waals surface area contributed by atoms with Crippen LogP contribution in [0.1, 0.15) is 31.7 Å². The van der Waals surface area contributed by atoms with Crippen molar-refractivity contribution in [3.8, 4) is 0 Å². The molecular formula is C16H22N2O2. The maximum atomic E-state index is 11.5. The highest BCUT2D eigenvalue weighted by atomic mass is 16.3. The molecule has 1 amide bonds. The zero-order chi connectivity index (χ0) is 14.5. The van der Waals surface area contributed by atoms with Gasteiger partial charge in [0.05, 0.1) is 0 Å². The summed E-state index contributed by atoms with van der Waals surface area (Å²) >= 11 is 0. The maximum Gasteiger partial charge on any atom is 0.248 e. The number of nitrogens with zero attached hydrogens (tertiary/aromatic N) is 1. The van der Waals surface area contributed by atoms with Gasteiger partial charge in [-0.2, -0.15) is 0 Å². The predicted octanol–water partition coefficient (Wildman–Crippen LogP) is 2.50. The second-order valence-electron chi connectivity index (χ2n) is 5.11. The Bertz CT molecular complexity index is 577. The van der Waals surface area contributed by atoms with E-state index in [-0.39, 0.29) is 5.91 Å². The third-order valence-electron chi connectivity index (χ3n) is 3.85. The molecule has 0 aliphatic carbocycles. The van der Waals surface area contributed by atoms with Crippen LogP contribution in [0.25, 0.3) is 10.9 Å². The highest BCUT2D eigenvalue weighted by molar-refractivity contribution is 5.83. The molecule has 0 saturated heterocycles. The van der Waals surface area contributed by atoms with Crippen LogP contribution in [0, 0.1) is 0 Å². The molecule has 1 aromatic carbocycles. The molecule has 1 unspecified atom stereocenters. The van der Waals surface area contributed by atoms with Gasteiger partial charge < -0.3 is 15.0 Å². The third-order valence-corrected chi connectivity index (χ3v) is 3.85. The van der Waals surface area contributed by atoms with Crippen LogP contribution in [-0.4, -0.2) is 40.6 Å². The van der Waals surface area contributed by atoms with Gasteiger partial charge in [-0.05, 0) is 30.9 Å². The van der Waals surface area contributed by atoms with E-state index < -0.39 is 6.61 Å². The molecule has 4 heteroatoms. The summed E-state index contributed by atoms with van der Waals surface area (Å²) in [5, 5.41) is 10.2. The van der Waals surface area contributed by atoms with Crippen LogP contribution in [0.15, 0.2) is 30.5 Å². The van der Waals surface area contributed by atoms with Crippen molar-refractivity contribution in [2.45, 2.75) is 26.2 Å². The lowest BCUT2D eigenvalue weighted by Gasteiger charge is -2.21. The second kappa shape index (κ2) is 6.57. The first-order chi connectivity index (χ1) is 9.67. The number of carbonyl (C=O) groups is 1. The molecule has 0 aliphatic rings. The van der Waals surface area contributed by atoms with E-state index in [0.29, 0.717) is 19.0 Å². The number of aliphatic hydroxyl groups is 1. The Hall–Kier alpha value is -1.81. The number of carbonyl (C=O) groups excluding carboxylic acids is 1. The van der Waals surface area contributed by atoms with E-state index in [1.165, 1.54) is 10.9 Å². The van der Waals surface area contributed by atoms with Gasteiger partial charge in [0.2, 0.25) is 5.91 Å². The second-order valence-corrected chi connectivity index (χ2v) is 5.11. The summed E-state index contributed by atoms with van der Waals surface area (Å²) in [6.07, 6.45) is 2.95. The number of amides is 1. The molecule has 1 atom stereocenters. The van der Waals surface area contributed by atoms with Gasteiger partial charge in [-0.3, -0.25) is 4.79 Å². The monoisotopic (exact) mass is 274 g/mol. The smallest absolute Gasteiger partial charge is 0.248 e. The number of hydrogen-bond donors (Lipinski definition) is 2. The lowest BCUT2D eigenvalue weighted by atomic mass is 9.97. The molecule has 1 heterocycles. The molecule has 0 radical (unpaired) electrons. The first-order valence-corrected chi connectivity index (χ1v) is 7.12. The van der Waals surface area contributed by atoms with E-state index >= 15 is 0 Å². The molecule has 2 aromatic rings. The summed E-state index contributed by atoms with van der Waals surface area (Å²) < 4.78 is 0. The van der Waals surface area contributed by atoms with Crippen LogP contribution in [0.3, 0.4) is 0 Å². The number of aromatic amines is 1. The van der Waals surface area contributed by atoms with Gasteiger partial charge in [0, 0.05) is 30.2 Å². The number of benzene rings is 1. The van der Waals surface area contributed by atoms with Gasteiger partial charge in [0.25, 0.3) is 0 Å². The van der Waals surface area contributed by atoms with Crippen molar-refractivity contribution >= 4 is 16.8 Å². The SMILES string of the molecule is CCN(CCC(C)c1c[nH]c2ccccc12)C(=O)CO. The van der Waals surface area contributed by atoms with Crippen molar-refractivity contribution in [1.29, 1.82) is 0 Å². The maximum absolute atomic E-state index is 11.5. The first kappa shape index (κ1) is 14.6. The molecule has 0 spiro atoms. The van der Waals surface area contributed by atoms with Crippen LogP contribution in [0.5, 0.6) is 0 Å². The molecule has 0 bridgehead atoms. The van der Waals surface area contributed by atoms with Crippen molar-refractivity contribution in [2.75, 3.05) is 19.7 Å². The quantitative estimate of drug-likeness (QED) is 0.850. The minimum absolute atomic E-state index is 0.196. The Balaban J connectivity index is 2.05. The number of nitrogens with one attached hydrogen (secondary N) is 1. The van der Waals surface area contributed by atoms with Gasteiger partial charge in [-0.25, -0.2) is 0 Å². The number of aromatic nitrogens is 1. The Morgan fingerprint density at radius 1 is 1.40 bits per heavy atom. The molecule has 4 nitrogen and oxygen atoms in total. The number of fused-ring (bicyclic) bond motifs is 1. The van der Waals surface area contributed by atoms with E-state index in [0.717, 1.165) is 11.9 Å². The van der Waals surface area contributed by atoms with E-state index in [1.54, 1.807) is 4.90 Å². The fourth-order valence-corrected chi connectivity index (χ4v) is 2.57. The molecule has 0 fully saturated rings. The highest BCUT2D eigenvalue weighted by Crippen LogP contribution is 2.27. The minimum atomic E-state index is -0.407. The minimum Gasteiger partial charge on any atom is -0.387 e. The number of rotatable bonds is 6. The molecule has 0 saturated carbocycles. The van der Waals surface area contributed by atoms with Crippen LogP contribution < -0.4 is 0 Å². The lowest BCUT2D eigenvalue weighted by Crippen LogP contribution is -2.34. The normalized spacial score (nSPS) is 12.6. The zero-order valence-corrected chi connectivity index (χ0v) is 12.1. The molecular weight excluding hydrogens is 252 g/mol. The van der Waals surface area contributed by atoms with Gasteiger partial charge in [0.15, 0.2) is 0 Å². The fraction of sp³-hybridized carbons (Fsp3) is 0.438. The van der Waals surface area contributed by atoms with Gasteiger partial charge in [-0.15, -0.1) is 0 Å². The fourth-order valence-electron chi connectivity index (χ4n) is 2.57. The average molecular weight is 274 g/mol. The van der Waals surface area contributed by atoms with Crippen molar-refractivity contribution in [3.63, 3.8) is 0 Å². The summed E-state index contributed by atoms with van der Waals surface area (Å²) in [4.78, 5) is 16.5. The summed E-state index contributed by atoms with van der Waals surface area (Å²) in [6, 6.07) is 8.25. The van der Waals surface area contributed by atoms with Crippen molar-refractivity contribution < 1.29 is 9.90 Å². The van der Waals surface area contributed by atoms with E-state index in [2.05, 4.69) is 30.2 Å². The summed E-state index contributed by atoms with van der Waals surface area (Å²) in [5.74, 6) is 0.172. The van der Waals surface area contributed by atoms with Crippen molar-refractivity contribution in [2.24, 2.45) is 0 Å². The number of para-hydroxylation sites is 1. The number of likely N-dealkylation sites (N-methyl/N-ethyl adjacent to an activating group) is 1. The van der Waals surface area contributed by atoms with Gasteiger partial charge in [-0.1, -0.05) is 25.1 Å².